The molecule has 0 heterocycles. The molecule has 4 nitrogen and oxygen atoms in total. The number of ether oxygens (including phenoxy) is 1. The monoisotopic (exact) mass is 348 g/mol. The smallest absolute Gasteiger partial charge is 0.315 e. The molecule has 0 unspecified atom stereocenters. The third-order valence-electron chi connectivity index (χ3n) is 5.73. The Morgan fingerprint density at radius 3 is 2.20 bits per heavy atom. The molecule has 25 heavy (non-hydrogen) atoms. The molecule has 2 fully saturated rings. The average molecular weight is 348 g/mol. The standard InChI is InChI=1S/C20H29FN2O2/c21-16-8-12-19(13-9-16)25-14-15-6-10-18(11-7-15)23(20(22)24)17-4-2-1-3-5-17/h8-9,12-13,15,17-18H,1-7,10-11,14H2,(H2,22,24)/t15-,18-. The van der Waals surface area contributed by atoms with Gasteiger partial charge >= 0.3 is 6.03 Å². The molecule has 5 heteroatoms. The summed E-state index contributed by atoms with van der Waals surface area (Å²) < 4.78 is 18.7. The van der Waals surface area contributed by atoms with E-state index >= 15 is 0 Å². The summed E-state index contributed by atoms with van der Waals surface area (Å²) in [4.78, 5) is 14.0. The van der Waals surface area contributed by atoms with Crippen LogP contribution in [0, 0.1) is 11.7 Å². The maximum Gasteiger partial charge on any atom is 0.315 e. The van der Waals surface area contributed by atoms with Crippen molar-refractivity contribution >= 4 is 6.03 Å². The van der Waals surface area contributed by atoms with Gasteiger partial charge in [-0.3, -0.25) is 0 Å². The highest BCUT2D eigenvalue weighted by Crippen LogP contribution is 2.32. The van der Waals surface area contributed by atoms with Gasteiger partial charge in [-0.2, -0.15) is 0 Å². The number of nitrogens with two attached hydrogens (primary N) is 1. The number of halogens is 1. The molecule has 0 saturated heterocycles. The van der Waals surface area contributed by atoms with E-state index in [9.17, 15) is 9.18 Å². The highest BCUT2D eigenvalue weighted by atomic mass is 19.1. The Balaban J connectivity index is 1.48. The lowest BCUT2D eigenvalue weighted by Crippen LogP contribution is -2.51. The van der Waals surface area contributed by atoms with Crippen LogP contribution in [0.3, 0.4) is 0 Å². The highest BCUT2D eigenvalue weighted by molar-refractivity contribution is 5.72. The molecule has 0 spiro atoms. The van der Waals surface area contributed by atoms with E-state index in [0.29, 0.717) is 24.3 Å². The van der Waals surface area contributed by atoms with E-state index in [4.69, 9.17) is 10.5 Å². The van der Waals surface area contributed by atoms with Crippen LogP contribution in [-0.2, 0) is 0 Å². The zero-order valence-electron chi connectivity index (χ0n) is 14.8. The van der Waals surface area contributed by atoms with Gasteiger partial charge in [0.05, 0.1) is 6.61 Å². The second kappa shape index (κ2) is 8.54. The molecule has 0 radical (unpaired) electrons. The largest absolute Gasteiger partial charge is 0.493 e. The number of primary amides is 1. The summed E-state index contributed by atoms with van der Waals surface area (Å²) in [5.41, 5.74) is 5.71. The maximum absolute atomic E-state index is 12.9. The van der Waals surface area contributed by atoms with E-state index in [-0.39, 0.29) is 17.9 Å². The van der Waals surface area contributed by atoms with Crippen LogP contribution >= 0.6 is 0 Å². The first-order chi connectivity index (χ1) is 12.1. The Morgan fingerprint density at radius 2 is 1.60 bits per heavy atom. The first-order valence-electron chi connectivity index (χ1n) is 9.59. The molecule has 1 aromatic carbocycles. The Kier molecular flexibility index (Phi) is 6.16. The van der Waals surface area contributed by atoms with Gasteiger partial charge in [-0.1, -0.05) is 19.3 Å². The second-order valence-corrected chi connectivity index (χ2v) is 7.48. The summed E-state index contributed by atoms with van der Waals surface area (Å²) in [5, 5.41) is 0. The molecule has 2 saturated carbocycles. The minimum Gasteiger partial charge on any atom is -0.493 e. The van der Waals surface area contributed by atoms with Crippen LogP contribution in [0.5, 0.6) is 5.75 Å². The maximum atomic E-state index is 12.9. The summed E-state index contributed by atoms with van der Waals surface area (Å²) in [6.45, 7) is 0.651. The van der Waals surface area contributed by atoms with Gasteiger partial charge in [0.2, 0.25) is 0 Å². The van der Waals surface area contributed by atoms with Crippen molar-refractivity contribution in [2.24, 2.45) is 11.7 Å². The fourth-order valence-corrected chi connectivity index (χ4v) is 4.35. The molecular weight excluding hydrogens is 319 g/mol. The van der Waals surface area contributed by atoms with Crippen molar-refractivity contribution in [2.75, 3.05) is 6.61 Å². The highest BCUT2D eigenvalue weighted by Gasteiger charge is 2.33. The van der Waals surface area contributed by atoms with Crippen molar-refractivity contribution in [3.63, 3.8) is 0 Å². The third kappa shape index (κ3) is 4.86. The number of hydrogen-bond acceptors (Lipinski definition) is 2. The summed E-state index contributed by atoms with van der Waals surface area (Å²) in [6.07, 6.45) is 9.95. The second-order valence-electron chi connectivity index (χ2n) is 7.48. The first kappa shape index (κ1) is 18.0. The number of rotatable bonds is 5. The van der Waals surface area contributed by atoms with Crippen molar-refractivity contribution in [1.82, 2.24) is 4.90 Å². The molecule has 0 aliphatic heterocycles. The minimum absolute atomic E-state index is 0.248. The van der Waals surface area contributed by atoms with Gasteiger partial charge in [0.1, 0.15) is 11.6 Å². The lowest BCUT2D eigenvalue weighted by molar-refractivity contribution is 0.0913. The van der Waals surface area contributed by atoms with Crippen LogP contribution in [-0.4, -0.2) is 29.6 Å². The Labute approximate surface area is 149 Å². The van der Waals surface area contributed by atoms with Crippen molar-refractivity contribution in [1.29, 1.82) is 0 Å². The summed E-state index contributed by atoms with van der Waals surface area (Å²) in [7, 11) is 0. The third-order valence-corrected chi connectivity index (χ3v) is 5.73. The van der Waals surface area contributed by atoms with Crippen molar-refractivity contribution in [3.8, 4) is 5.75 Å². The van der Waals surface area contributed by atoms with Crippen LogP contribution in [0.4, 0.5) is 9.18 Å². The van der Waals surface area contributed by atoms with Gasteiger partial charge in [0, 0.05) is 12.1 Å². The van der Waals surface area contributed by atoms with Crippen LogP contribution < -0.4 is 10.5 Å². The number of carbonyl (C=O) groups is 1. The van der Waals surface area contributed by atoms with E-state index < -0.39 is 0 Å². The van der Waals surface area contributed by atoms with Crippen LogP contribution in [0.25, 0.3) is 0 Å². The van der Waals surface area contributed by atoms with Crippen molar-refractivity contribution < 1.29 is 13.9 Å². The SMILES string of the molecule is NC(=O)N(C1CCCCC1)[C@H]1CC[C@H](COc2ccc(F)cc2)CC1. The number of nitrogens with zero attached hydrogens (tertiary/aromatic N) is 1. The molecule has 2 amide bonds. The lowest BCUT2D eigenvalue weighted by Gasteiger charge is -2.42. The van der Waals surface area contributed by atoms with E-state index in [2.05, 4.69) is 0 Å². The fourth-order valence-electron chi connectivity index (χ4n) is 4.35. The topological polar surface area (TPSA) is 55.6 Å². The van der Waals surface area contributed by atoms with E-state index in [1.54, 1.807) is 12.1 Å². The van der Waals surface area contributed by atoms with Crippen LogP contribution in [0.15, 0.2) is 24.3 Å². The van der Waals surface area contributed by atoms with Gasteiger partial charge < -0.3 is 15.4 Å². The Morgan fingerprint density at radius 1 is 1.00 bits per heavy atom. The van der Waals surface area contributed by atoms with Gasteiger partial charge in [0.15, 0.2) is 0 Å². The molecule has 2 aliphatic rings. The molecule has 0 atom stereocenters. The van der Waals surface area contributed by atoms with E-state index in [1.807, 2.05) is 4.90 Å². The van der Waals surface area contributed by atoms with Gasteiger partial charge in [-0.15, -0.1) is 0 Å². The number of hydrogen-bond donors (Lipinski definition) is 1. The molecular formula is C20H29FN2O2. The molecule has 2 aliphatic carbocycles. The predicted octanol–water partition coefficient (Wildman–Crippen LogP) is 4.48. The molecule has 2 N–H and O–H groups in total. The van der Waals surface area contributed by atoms with Crippen molar-refractivity contribution in [2.45, 2.75) is 69.9 Å². The van der Waals surface area contributed by atoms with Crippen LogP contribution in [0.1, 0.15) is 57.8 Å². The number of carbonyl (C=O) groups excluding carboxylic acids is 1. The Hall–Kier alpha value is -1.78. The van der Waals surface area contributed by atoms with Crippen LogP contribution in [0.2, 0.25) is 0 Å². The molecule has 138 valence electrons. The van der Waals surface area contributed by atoms with Gasteiger partial charge in [0.25, 0.3) is 0 Å². The summed E-state index contributed by atoms with van der Waals surface area (Å²) in [6, 6.07) is 6.53. The zero-order valence-corrected chi connectivity index (χ0v) is 14.8. The normalized spacial score (nSPS) is 24.7. The lowest BCUT2D eigenvalue weighted by atomic mass is 9.84. The molecule has 0 aromatic heterocycles. The number of benzene rings is 1. The van der Waals surface area contributed by atoms with Gasteiger partial charge in [-0.25, -0.2) is 9.18 Å². The quantitative estimate of drug-likeness (QED) is 0.853. The van der Waals surface area contributed by atoms with Gasteiger partial charge in [-0.05, 0) is 68.7 Å². The zero-order chi connectivity index (χ0) is 17.6. The molecule has 0 bridgehead atoms. The van der Waals surface area contributed by atoms with Crippen molar-refractivity contribution in [3.05, 3.63) is 30.1 Å². The Bertz CT molecular complexity index is 549. The minimum atomic E-state index is -0.252. The summed E-state index contributed by atoms with van der Waals surface area (Å²) in [5.74, 6) is 0.953. The van der Waals surface area contributed by atoms with E-state index in [1.165, 1.54) is 31.4 Å². The van der Waals surface area contributed by atoms with E-state index in [0.717, 1.165) is 38.5 Å². The molecule has 1 aromatic rings. The summed E-state index contributed by atoms with van der Waals surface area (Å²) >= 11 is 0. The average Bonchev–Trinajstić information content (AvgIpc) is 2.63. The first-order valence-corrected chi connectivity index (χ1v) is 9.59. The number of urea groups is 1. The fraction of sp³-hybridized carbons (Fsp3) is 0.650. The number of amides is 2. The predicted molar refractivity (Wildman–Crippen MR) is 95.9 cm³/mol. The molecule has 3 rings (SSSR count).